The lowest BCUT2D eigenvalue weighted by Gasteiger charge is -2.08. The van der Waals surface area contributed by atoms with Gasteiger partial charge in [-0.1, -0.05) is 65.7 Å². The Bertz CT molecular complexity index is 450. The Hall–Kier alpha value is -1.94. The molecule has 0 amide bonds. The molecule has 0 aliphatic heterocycles. The minimum Gasteiger partial charge on any atom is -0.221 e. The Kier molecular flexibility index (Phi) is 4.67. The molecule has 0 saturated carbocycles. The average Bonchev–Trinajstić information content (AvgIpc) is 2.46. The van der Waals surface area contributed by atoms with Crippen LogP contribution in [0.25, 0.3) is 5.57 Å². The first-order valence-electron chi connectivity index (χ1n) is 5.66. The molecule has 0 atom stereocenters. The molecule has 18 heavy (non-hydrogen) atoms. The van der Waals surface area contributed by atoms with Crippen LogP contribution in [0.3, 0.4) is 0 Å². The van der Waals surface area contributed by atoms with Crippen molar-refractivity contribution in [3.05, 3.63) is 77.9 Å². The third kappa shape index (κ3) is 3.28. The summed E-state index contributed by atoms with van der Waals surface area (Å²) in [6, 6.07) is 20.0. The lowest BCUT2D eigenvalue weighted by molar-refractivity contribution is -0.486. The highest BCUT2D eigenvalue weighted by Crippen LogP contribution is 2.22. The third-order valence-corrected chi connectivity index (χ3v) is 2.58. The van der Waals surface area contributed by atoms with Crippen molar-refractivity contribution in [2.45, 2.75) is 0 Å². The molecule has 2 aromatic rings. The van der Waals surface area contributed by atoms with Gasteiger partial charge in [-0.3, -0.25) is 0 Å². The molecular formula is C15H14O3. The van der Waals surface area contributed by atoms with Gasteiger partial charge in [-0.15, -0.1) is 0 Å². The van der Waals surface area contributed by atoms with E-state index in [4.69, 9.17) is 5.26 Å². The number of rotatable bonds is 5. The van der Waals surface area contributed by atoms with Gasteiger partial charge in [0.2, 0.25) is 0 Å². The molecule has 0 unspecified atom stereocenters. The fraction of sp³-hybridized carbons (Fsp3) is 0.0667. The lowest BCUT2D eigenvalue weighted by atomic mass is 9.98. The summed E-state index contributed by atoms with van der Waals surface area (Å²) in [7, 11) is 0. The zero-order valence-corrected chi connectivity index (χ0v) is 9.82. The van der Waals surface area contributed by atoms with Crippen LogP contribution in [0.5, 0.6) is 0 Å². The molecule has 2 rings (SSSR count). The SMILES string of the molecule is OOOCC=C(c1ccccc1)c1ccccc1. The van der Waals surface area contributed by atoms with Gasteiger partial charge in [0.05, 0.1) is 0 Å². The van der Waals surface area contributed by atoms with Gasteiger partial charge in [-0.2, -0.15) is 0 Å². The highest BCUT2D eigenvalue weighted by atomic mass is 17.5. The number of benzene rings is 2. The fourth-order valence-corrected chi connectivity index (χ4v) is 1.79. The molecule has 3 heteroatoms. The van der Waals surface area contributed by atoms with E-state index in [0.717, 1.165) is 16.7 Å². The van der Waals surface area contributed by atoms with Crippen molar-refractivity contribution < 1.29 is 15.2 Å². The van der Waals surface area contributed by atoms with Crippen molar-refractivity contribution in [2.75, 3.05) is 6.61 Å². The van der Waals surface area contributed by atoms with Gasteiger partial charge in [0, 0.05) is 0 Å². The van der Waals surface area contributed by atoms with E-state index in [1.807, 2.05) is 66.7 Å². The zero-order valence-electron chi connectivity index (χ0n) is 9.82. The first-order chi connectivity index (χ1) is 8.92. The van der Waals surface area contributed by atoms with Crippen molar-refractivity contribution in [1.82, 2.24) is 0 Å². The number of hydrogen-bond acceptors (Lipinski definition) is 3. The summed E-state index contributed by atoms with van der Waals surface area (Å²) in [5.41, 5.74) is 3.21. The molecule has 3 nitrogen and oxygen atoms in total. The minimum atomic E-state index is 0.176. The molecule has 0 fully saturated rings. The van der Waals surface area contributed by atoms with Crippen molar-refractivity contribution in [3.63, 3.8) is 0 Å². The summed E-state index contributed by atoms with van der Waals surface area (Å²) in [5.74, 6) is 0. The van der Waals surface area contributed by atoms with E-state index < -0.39 is 0 Å². The first kappa shape index (κ1) is 12.5. The molecule has 0 radical (unpaired) electrons. The second-order valence-corrected chi connectivity index (χ2v) is 3.71. The van der Waals surface area contributed by atoms with Crippen LogP contribution in [0, 0.1) is 0 Å². The van der Waals surface area contributed by atoms with Gasteiger partial charge in [-0.05, 0) is 22.8 Å². The Balaban J connectivity index is 2.33. The maximum absolute atomic E-state index is 8.17. The van der Waals surface area contributed by atoms with Crippen LogP contribution in [0.2, 0.25) is 0 Å². The predicted octanol–water partition coefficient (Wildman–Crippen LogP) is 3.54. The highest BCUT2D eigenvalue weighted by molar-refractivity contribution is 5.79. The van der Waals surface area contributed by atoms with E-state index in [2.05, 4.69) is 9.93 Å². The maximum atomic E-state index is 8.17. The normalized spacial score (nSPS) is 10.1. The summed E-state index contributed by atoms with van der Waals surface area (Å²) in [5, 5.41) is 11.8. The highest BCUT2D eigenvalue weighted by Gasteiger charge is 2.03. The summed E-state index contributed by atoms with van der Waals surface area (Å²) < 4.78 is 0. The molecule has 0 saturated heterocycles. The molecule has 92 valence electrons. The summed E-state index contributed by atoms with van der Waals surface area (Å²) in [6.07, 6.45) is 1.86. The van der Waals surface area contributed by atoms with E-state index in [-0.39, 0.29) is 6.61 Å². The Morgan fingerprint density at radius 1 is 0.889 bits per heavy atom. The van der Waals surface area contributed by atoms with E-state index >= 15 is 0 Å². The van der Waals surface area contributed by atoms with Crippen molar-refractivity contribution in [2.24, 2.45) is 0 Å². The molecule has 0 aliphatic carbocycles. The van der Waals surface area contributed by atoms with Crippen LogP contribution in [0.4, 0.5) is 0 Å². The molecule has 1 N–H and O–H groups in total. The van der Waals surface area contributed by atoms with Gasteiger partial charge >= 0.3 is 0 Å². The van der Waals surface area contributed by atoms with Crippen LogP contribution in [-0.4, -0.2) is 11.9 Å². The zero-order chi connectivity index (χ0) is 12.6. The van der Waals surface area contributed by atoms with Gasteiger partial charge in [-0.25, -0.2) is 10.1 Å². The fourth-order valence-electron chi connectivity index (χ4n) is 1.79. The average molecular weight is 242 g/mol. The van der Waals surface area contributed by atoms with Crippen molar-refractivity contribution >= 4 is 5.57 Å². The standard InChI is InChI=1S/C15H14O3/c16-18-17-12-11-15(13-7-3-1-4-8-13)14-9-5-2-6-10-14/h1-11,16H,12H2. The first-order valence-corrected chi connectivity index (χ1v) is 5.66. The minimum absolute atomic E-state index is 0.176. The molecule has 0 aromatic heterocycles. The van der Waals surface area contributed by atoms with E-state index in [1.165, 1.54) is 0 Å². The van der Waals surface area contributed by atoms with Crippen LogP contribution < -0.4 is 0 Å². The van der Waals surface area contributed by atoms with Crippen LogP contribution in [0.1, 0.15) is 11.1 Å². The molecule has 0 bridgehead atoms. The van der Waals surface area contributed by atoms with E-state index in [9.17, 15) is 0 Å². The van der Waals surface area contributed by atoms with Crippen LogP contribution in [0.15, 0.2) is 66.7 Å². The van der Waals surface area contributed by atoms with Gasteiger partial charge in [0.1, 0.15) is 6.61 Å². The molecule has 2 aromatic carbocycles. The smallest absolute Gasteiger partial charge is 0.104 e. The molecular weight excluding hydrogens is 228 g/mol. The van der Waals surface area contributed by atoms with Crippen molar-refractivity contribution in [3.8, 4) is 0 Å². The van der Waals surface area contributed by atoms with Crippen molar-refractivity contribution in [1.29, 1.82) is 0 Å². The van der Waals surface area contributed by atoms with E-state index in [0.29, 0.717) is 0 Å². The second-order valence-electron chi connectivity index (χ2n) is 3.71. The van der Waals surface area contributed by atoms with E-state index in [1.54, 1.807) is 0 Å². The van der Waals surface area contributed by atoms with Gasteiger partial charge < -0.3 is 0 Å². The quantitative estimate of drug-likeness (QED) is 0.495. The second kappa shape index (κ2) is 6.71. The topological polar surface area (TPSA) is 38.7 Å². The number of hydrogen-bond donors (Lipinski definition) is 1. The van der Waals surface area contributed by atoms with Gasteiger partial charge in [0.25, 0.3) is 0 Å². The van der Waals surface area contributed by atoms with Crippen LogP contribution >= 0.6 is 0 Å². The summed E-state index contributed by atoms with van der Waals surface area (Å²) in [4.78, 5) is 4.49. The Morgan fingerprint density at radius 3 is 1.83 bits per heavy atom. The largest absolute Gasteiger partial charge is 0.221 e. The third-order valence-electron chi connectivity index (χ3n) is 2.58. The molecule has 0 heterocycles. The lowest BCUT2D eigenvalue weighted by Crippen LogP contribution is -1.93. The molecule has 0 aliphatic rings. The summed E-state index contributed by atoms with van der Waals surface area (Å²) >= 11 is 0. The predicted molar refractivity (Wildman–Crippen MR) is 69.6 cm³/mol. The Morgan fingerprint density at radius 2 is 1.39 bits per heavy atom. The monoisotopic (exact) mass is 242 g/mol. The maximum Gasteiger partial charge on any atom is 0.104 e. The van der Waals surface area contributed by atoms with Gasteiger partial charge in [0.15, 0.2) is 0 Å². The van der Waals surface area contributed by atoms with Crippen LogP contribution in [-0.2, 0) is 9.93 Å². The molecule has 0 spiro atoms. The summed E-state index contributed by atoms with van der Waals surface area (Å²) in [6.45, 7) is 0.176. The Labute approximate surface area is 106 Å².